The number of allylic oxidation sites excluding steroid dienone is 8. The first kappa shape index (κ1) is 10.1. The van der Waals surface area contributed by atoms with Crippen LogP contribution >= 0.6 is 0 Å². The lowest BCUT2D eigenvalue weighted by Gasteiger charge is -2.31. The molecule has 1 saturated carbocycles. The van der Waals surface area contributed by atoms with E-state index in [0.717, 1.165) is 11.8 Å². The van der Waals surface area contributed by atoms with Crippen molar-refractivity contribution in [3.63, 3.8) is 0 Å². The van der Waals surface area contributed by atoms with Gasteiger partial charge in [0.1, 0.15) is 0 Å². The van der Waals surface area contributed by atoms with Gasteiger partial charge in [-0.1, -0.05) is 62.0 Å². The van der Waals surface area contributed by atoms with Crippen molar-refractivity contribution in [3.8, 4) is 0 Å². The van der Waals surface area contributed by atoms with Crippen LogP contribution in [0.2, 0.25) is 0 Å². The third-order valence-electron chi connectivity index (χ3n) is 4.45. The molecule has 0 heteroatoms. The first-order valence-corrected chi connectivity index (χ1v) is 6.40. The second-order valence-corrected chi connectivity index (χ2v) is 6.04. The zero-order chi connectivity index (χ0) is 11.2. The average Bonchev–Trinajstić information content (AvgIpc) is 2.80. The Morgan fingerprint density at radius 3 is 2.62 bits per heavy atom. The summed E-state index contributed by atoms with van der Waals surface area (Å²) >= 11 is 0. The Balaban J connectivity index is 1.99. The summed E-state index contributed by atoms with van der Waals surface area (Å²) < 4.78 is 0. The molecule has 0 radical (unpaired) electrons. The van der Waals surface area contributed by atoms with E-state index >= 15 is 0 Å². The van der Waals surface area contributed by atoms with Gasteiger partial charge < -0.3 is 0 Å². The van der Waals surface area contributed by atoms with Crippen molar-refractivity contribution in [1.29, 1.82) is 0 Å². The monoisotopic (exact) mass is 212 g/mol. The fraction of sp³-hybridized carbons (Fsp3) is 0.500. The summed E-state index contributed by atoms with van der Waals surface area (Å²) in [4.78, 5) is 0. The Morgan fingerprint density at radius 1 is 1.12 bits per heavy atom. The molecule has 84 valence electrons. The molecular formula is C16H20. The van der Waals surface area contributed by atoms with Crippen molar-refractivity contribution in [3.05, 3.63) is 48.1 Å². The summed E-state index contributed by atoms with van der Waals surface area (Å²) in [5.41, 5.74) is 2.15. The lowest BCUT2D eigenvalue weighted by molar-refractivity contribution is 0.247. The van der Waals surface area contributed by atoms with Crippen molar-refractivity contribution < 1.29 is 0 Å². The summed E-state index contributed by atoms with van der Waals surface area (Å²) in [5.74, 6) is 2.17. The van der Waals surface area contributed by atoms with E-state index in [9.17, 15) is 0 Å². The minimum atomic E-state index is 0.451. The molecule has 0 aromatic rings. The maximum atomic E-state index is 2.44. The van der Waals surface area contributed by atoms with E-state index in [1.165, 1.54) is 12.8 Å². The highest BCUT2D eigenvalue weighted by Gasteiger charge is 2.46. The molecule has 0 aliphatic heterocycles. The number of fused-ring (bicyclic) bond motifs is 1. The zero-order valence-electron chi connectivity index (χ0n) is 10.2. The molecule has 0 bridgehead atoms. The minimum Gasteiger partial charge on any atom is -0.0839 e. The lowest BCUT2D eigenvalue weighted by Crippen LogP contribution is -2.24. The SMILES string of the molecule is CC1(C)CC2CC=CC=C2C1C1C=CC=C1. The van der Waals surface area contributed by atoms with Crippen molar-refractivity contribution >= 4 is 0 Å². The van der Waals surface area contributed by atoms with Crippen molar-refractivity contribution in [2.75, 3.05) is 0 Å². The summed E-state index contributed by atoms with van der Waals surface area (Å²) in [6.07, 6.45) is 18.7. The molecule has 0 aromatic heterocycles. The van der Waals surface area contributed by atoms with Crippen LogP contribution in [-0.2, 0) is 0 Å². The van der Waals surface area contributed by atoms with Crippen LogP contribution in [0.25, 0.3) is 0 Å². The number of hydrogen-bond donors (Lipinski definition) is 0. The molecule has 2 unspecified atom stereocenters. The molecule has 1 fully saturated rings. The van der Waals surface area contributed by atoms with Crippen molar-refractivity contribution in [2.24, 2.45) is 23.2 Å². The summed E-state index contributed by atoms with van der Waals surface area (Å²) in [6.45, 7) is 4.88. The van der Waals surface area contributed by atoms with Crippen LogP contribution in [0.3, 0.4) is 0 Å². The van der Waals surface area contributed by atoms with Crippen molar-refractivity contribution in [2.45, 2.75) is 26.7 Å². The zero-order valence-corrected chi connectivity index (χ0v) is 10.2. The maximum absolute atomic E-state index is 2.44. The first-order chi connectivity index (χ1) is 7.68. The van der Waals surface area contributed by atoms with E-state index in [2.05, 4.69) is 56.4 Å². The second kappa shape index (κ2) is 3.48. The van der Waals surface area contributed by atoms with Gasteiger partial charge in [0.15, 0.2) is 0 Å². The van der Waals surface area contributed by atoms with Crippen LogP contribution in [0.5, 0.6) is 0 Å². The Hall–Kier alpha value is -1.04. The highest BCUT2D eigenvalue weighted by atomic mass is 14.5. The molecule has 0 N–H and O–H groups in total. The van der Waals surface area contributed by atoms with Crippen LogP contribution in [0.4, 0.5) is 0 Å². The molecule has 3 aliphatic rings. The highest BCUT2D eigenvalue weighted by Crippen LogP contribution is 2.55. The Bertz CT molecular complexity index is 392. The maximum Gasteiger partial charge on any atom is 0.00236 e. The molecule has 3 aliphatic carbocycles. The Morgan fingerprint density at radius 2 is 1.88 bits per heavy atom. The van der Waals surface area contributed by atoms with E-state index in [1.54, 1.807) is 5.57 Å². The van der Waals surface area contributed by atoms with Gasteiger partial charge in [-0.15, -0.1) is 0 Å². The van der Waals surface area contributed by atoms with Gasteiger partial charge in [-0.2, -0.15) is 0 Å². The number of rotatable bonds is 1. The van der Waals surface area contributed by atoms with E-state index in [4.69, 9.17) is 0 Å². The first-order valence-electron chi connectivity index (χ1n) is 6.40. The molecule has 0 spiro atoms. The van der Waals surface area contributed by atoms with Gasteiger partial charge in [-0.25, -0.2) is 0 Å². The molecule has 3 rings (SSSR count). The van der Waals surface area contributed by atoms with E-state index < -0.39 is 0 Å². The predicted octanol–water partition coefficient (Wildman–Crippen LogP) is 4.28. The molecule has 0 nitrogen and oxygen atoms in total. The third-order valence-corrected chi connectivity index (χ3v) is 4.45. The normalized spacial score (nSPS) is 35.5. The van der Waals surface area contributed by atoms with Crippen LogP contribution in [0.15, 0.2) is 48.1 Å². The van der Waals surface area contributed by atoms with E-state index in [1.807, 2.05) is 0 Å². The molecule has 0 amide bonds. The van der Waals surface area contributed by atoms with Crippen LogP contribution < -0.4 is 0 Å². The smallest absolute Gasteiger partial charge is 0.00236 e. The van der Waals surface area contributed by atoms with Crippen LogP contribution in [0, 0.1) is 23.2 Å². The fourth-order valence-corrected chi connectivity index (χ4v) is 3.88. The van der Waals surface area contributed by atoms with E-state index in [-0.39, 0.29) is 0 Å². The summed E-state index contributed by atoms with van der Waals surface area (Å²) in [7, 11) is 0. The van der Waals surface area contributed by atoms with Crippen LogP contribution in [0.1, 0.15) is 26.7 Å². The Labute approximate surface area is 98.4 Å². The lowest BCUT2D eigenvalue weighted by atomic mass is 9.73. The number of hydrogen-bond acceptors (Lipinski definition) is 0. The van der Waals surface area contributed by atoms with Gasteiger partial charge >= 0.3 is 0 Å². The third kappa shape index (κ3) is 1.43. The quantitative estimate of drug-likeness (QED) is 0.608. The molecule has 16 heavy (non-hydrogen) atoms. The van der Waals surface area contributed by atoms with Gasteiger partial charge in [0.05, 0.1) is 0 Å². The topological polar surface area (TPSA) is 0 Å². The van der Waals surface area contributed by atoms with Gasteiger partial charge in [-0.3, -0.25) is 0 Å². The van der Waals surface area contributed by atoms with Gasteiger partial charge in [0.2, 0.25) is 0 Å². The van der Waals surface area contributed by atoms with Crippen molar-refractivity contribution in [1.82, 2.24) is 0 Å². The van der Waals surface area contributed by atoms with E-state index in [0.29, 0.717) is 11.3 Å². The van der Waals surface area contributed by atoms with Crippen LogP contribution in [-0.4, -0.2) is 0 Å². The highest BCUT2D eigenvalue weighted by molar-refractivity contribution is 5.34. The molecule has 2 atom stereocenters. The largest absolute Gasteiger partial charge is 0.0839 e. The molecule has 0 aromatic carbocycles. The standard InChI is InChI=1S/C16H20/c1-16(2)11-13-9-5-6-10-14(13)15(16)12-7-3-4-8-12/h3-8,10,12-13,15H,9,11H2,1-2H3. The Kier molecular flexibility index (Phi) is 2.20. The minimum absolute atomic E-state index is 0.451. The molecule has 0 heterocycles. The summed E-state index contributed by atoms with van der Waals surface area (Å²) in [6, 6.07) is 0. The van der Waals surface area contributed by atoms with Gasteiger partial charge in [0.25, 0.3) is 0 Å². The average molecular weight is 212 g/mol. The van der Waals surface area contributed by atoms with Gasteiger partial charge in [-0.05, 0) is 30.1 Å². The predicted molar refractivity (Wildman–Crippen MR) is 69.0 cm³/mol. The van der Waals surface area contributed by atoms with Gasteiger partial charge in [0, 0.05) is 5.92 Å². The summed E-state index contributed by atoms with van der Waals surface area (Å²) in [5, 5.41) is 0. The molecular weight excluding hydrogens is 192 g/mol. The fourth-order valence-electron chi connectivity index (χ4n) is 3.88. The molecule has 0 saturated heterocycles. The second-order valence-electron chi connectivity index (χ2n) is 6.04.